The van der Waals surface area contributed by atoms with E-state index in [0.29, 0.717) is 17.6 Å². The Morgan fingerprint density at radius 1 is 1.06 bits per heavy atom. The van der Waals surface area contributed by atoms with Crippen LogP contribution in [0.2, 0.25) is 0 Å². The fourth-order valence-corrected chi connectivity index (χ4v) is 3.66. The molecule has 0 aromatic heterocycles. The second kappa shape index (κ2) is 4.96. The van der Waals surface area contributed by atoms with E-state index in [2.05, 4.69) is 55.4 Å². The molecule has 0 N–H and O–H groups in total. The van der Waals surface area contributed by atoms with Crippen LogP contribution in [0, 0.1) is 23.7 Å². The first-order valence-electron chi connectivity index (χ1n) is 7.22. The number of Topliss-reactive ketones (excluding diaryl/α,β-unsaturated/α-hetero) is 1. The van der Waals surface area contributed by atoms with Crippen LogP contribution in [0.15, 0.2) is 0 Å². The van der Waals surface area contributed by atoms with Crippen LogP contribution in [-0.2, 0) is 9.53 Å². The van der Waals surface area contributed by atoms with Gasteiger partial charge in [0.1, 0.15) is 5.78 Å². The highest BCUT2D eigenvalue weighted by molar-refractivity contribution is 5.85. The van der Waals surface area contributed by atoms with Gasteiger partial charge in [-0.15, -0.1) is 0 Å². The molecule has 2 heteroatoms. The van der Waals surface area contributed by atoms with Crippen molar-refractivity contribution >= 4 is 5.78 Å². The quantitative estimate of drug-likeness (QED) is 0.755. The van der Waals surface area contributed by atoms with Crippen molar-refractivity contribution in [1.82, 2.24) is 0 Å². The van der Waals surface area contributed by atoms with Crippen LogP contribution in [0.1, 0.15) is 61.8 Å². The number of hydrogen-bond acceptors (Lipinski definition) is 2. The fourth-order valence-electron chi connectivity index (χ4n) is 3.66. The van der Waals surface area contributed by atoms with E-state index in [-0.39, 0.29) is 23.0 Å². The zero-order valence-electron chi connectivity index (χ0n) is 13.3. The lowest BCUT2D eigenvalue weighted by Crippen LogP contribution is -2.40. The summed E-state index contributed by atoms with van der Waals surface area (Å²) in [5.41, 5.74) is -0.509. The van der Waals surface area contributed by atoms with Gasteiger partial charge in [0.15, 0.2) is 0 Å². The van der Waals surface area contributed by atoms with E-state index in [9.17, 15) is 4.79 Å². The van der Waals surface area contributed by atoms with Crippen molar-refractivity contribution in [3.05, 3.63) is 0 Å². The zero-order chi connectivity index (χ0) is 14.3. The number of hydrogen-bond donors (Lipinski definition) is 0. The van der Waals surface area contributed by atoms with E-state index in [1.807, 2.05) is 0 Å². The highest BCUT2D eigenvalue weighted by atomic mass is 16.5. The molecule has 1 atom stereocenters. The van der Waals surface area contributed by atoms with Gasteiger partial charge in [0, 0.05) is 11.8 Å². The van der Waals surface area contributed by atoms with Gasteiger partial charge in [-0.25, -0.2) is 0 Å². The Balaban J connectivity index is 2.96. The Morgan fingerprint density at radius 2 is 1.50 bits per heavy atom. The van der Waals surface area contributed by atoms with Gasteiger partial charge in [0.2, 0.25) is 0 Å². The summed E-state index contributed by atoms with van der Waals surface area (Å²) in [4.78, 5) is 12.9. The minimum atomic E-state index is -0.331. The third-order valence-corrected chi connectivity index (χ3v) is 4.18. The predicted octanol–water partition coefficient (Wildman–Crippen LogP) is 4.08. The maximum absolute atomic E-state index is 12.9. The number of carbonyl (C=O) groups excluding carboxylic acids is 1. The molecular formula is C16H30O2. The molecule has 0 aromatic rings. The maximum atomic E-state index is 12.9. The summed E-state index contributed by atoms with van der Waals surface area (Å²) in [6.07, 6.45) is 0.842. The van der Waals surface area contributed by atoms with Gasteiger partial charge in [-0.3, -0.25) is 4.79 Å². The lowest BCUT2D eigenvalue weighted by Gasteiger charge is -2.31. The van der Waals surface area contributed by atoms with Crippen molar-refractivity contribution in [1.29, 1.82) is 0 Å². The van der Waals surface area contributed by atoms with E-state index < -0.39 is 0 Å². The monoisotopic (exact) mass is 254 g/mol. The second-order valence-corrected chi connectivity index (χ2v) is 7.64. The molecule has 1 aliphatic heterocycles. The molecule has 0 spiro atoms. The summed E-state index contributed by atoms with van der Waals surface area (Å²) in [7, 11) is 0. The number of ether oxygens (including phenoxy) is 1. The highest BCUT2D eigenvalue weighted by Crippen LogP contribution is 2.44. The third kappa shape index (κ3) is 3.14. The molecule has 2 nitrogen and oxygen atoms in total. The Labute approximate surface area is 112 Å². The van der Waals surface area contributed by atoms with Gasteiger partial charge in [-0.2, -0.15) is 0 Å². The van der Waals surface area contributed by atoms with Crippen molar-refractivity contribution < 1.29 is 9.53 Å². The van der Waals surface area contributed by atoms with E-state index >= 15 is 0 Å². The molecular weight excluding hydrogens is 224 g/mol. The topological polar surface area (TPSA) is 26.3 Å². The first-order valence-corrected chi connectivity index (χ1v) is 7.22. The van der Waals surface area contributed by atoms with Crippen LogP contribution < -0.4 is 0 Å². The molecule has 1 rings (SSSR count). The van der Waals surface area contributed by atoms with Crippen LogP contribution in [0.3, 0.4) is 0 Å². The smallest absolute Gasteiger partial charge is 0.142 e. The summed E-state index contributed by atoms with van der Waals surface area (Å²) in [5, 5.41) is 0. The van der Waals surface area contributed by atoms with Gasteiger partial charge in [-0.1, -0.05) is 27.7 Å². The molecule has 0 amide bonds. The van der Waals surface area contributed by atoms with E-state index in [1.165, 1.54) is 0 Å². The molecule has 0 radical (unpaired) electrons. The van der Waals surface area contributed by atoms with Crippen LogP contribution in [0.5, 0.6) is 0 Å². The number of ketones is 1. The highest BCUT2D eigenvalue weighted by Gasteiger charge is 2.50. The average molecular weight is 254 g/mol. The zero-order valence-corrected chi connectivity index (χ0v) is 13.3. The summed E-state index contributed by atoms with van der Waals surface area (Å²) < 4.78 is 6.06. The SMILES string of the molecule is CC(C)C(C(=O)C1CC(C)(C)OC1(C)C)C(C)C. The van der Waals surface area contributed by atoms with Crippen LogP contribution >= 0.6 is 0 Å². The Bertz CT molecular complexity index is 305. The van der Waals surface area contributed by atoms with Crippen molar-refractivity contribution in [2.24, 2.45) is 23.7 Å². The van der Waals surface area contributed by atoms with Crippen molar-refractivity contribution in [2.45, 2.75) is 73.0 Å². The minimum Gasteiger partial charge on any atom is -0.369 e. The number of rotatable bonds is 4. The Kier molecular flexibility index (Phi) is 4.32. The maximum Gasteiger partial charge on any atom is 0.142 e. The lowest BCUT2D eigenvalue weighted by molar-refractivity contribution is -0.136. The Morgan fingerprint density at radius 3 is 1.78 bits per heavy atom. The minimum absolute atomic E-state index is 0.0299. The van der Waals surface area contributed by atoms with Gasteiger partial charge in [-0.05, 0) is 46.0 Å². The standard InChI is InChI=1S/C16H30O2/c1-10(2)13(11(3)4)14(17)12-9-15(5,6)18-16(12,7)8/h10-13H,9H2,1-8H3. The summed E-state index contributed by atoms with van der Waals surface area (Å²) in [6, 6.07) is 0. The molecule has 1 heterocycles. The molecule has 0 aromatic carbocycles. The van der Waals surface area contributed by atoms with E-state index in [1.54, 1.807) is 0 Å². The molecule has 1 fully saturated rings. The predicted molar refractivity (Wildman–Crippen MR) is 75.5 cm³/mol. The molecule has 1 saturated heterocycles. The molecule has 0 saturated carbocycles. The van der Waals surface area contributed by atoms with E-state index in [4.69, 9.17) is 4.74 Å². The molecule has 1 aliphatic rings. The molecule has 0 bridgehead atoms. The van der Waals surface area contributed by atoms with Crippen LogP contribution in [0.25, 0.3) is 0 Å². The summed E-state index contributed by atoms with van der Waals surface area (Å²) in [6.45, 7) is 16.9. The number of carbonyl (C=O) groups is 1. The van der Waals surface area contributed by atoms with Crippen molar-refractivity contribution in [2.75, 3.05) is 0 Å². The average Bonchev–Trinajstić information content (AvgIpc) is 2.32. The molecule has 1 unspecified atom stereocenters. The van der Waals surface area contributed by atoms with Crippen molar-refractivity contribution in [3.8, 4) is 0 Å². The normalized spacial score (nSPS) is 26.3. The van der Waals surface area contributed by atoms with Gasteiger partial charge in [0.05, 0.1) is 11.2 Å². The largest absolute Gasteiger partial charge is 0.369 e. The summed E-state index contributed by atoms with van der Waals surface area (Å²) >= 11 is 0. The van der Waals surface area contributed by atoms with E-state index in [0.717, 1.165) is 6.42 Å². The van der Waals surface area contributed by atoms with Gasteiger partial charge < -0.3 is 4.74 Å². The van der Waals surface area contributed by atoms with Gasteiger partial charge in [0.25, 0.3) is 0 Å². The molecule has 18 heavy (non-hydrogen) atoms. The molecule has 106 valence electrons. The Hall–Kier alpha value is -0.370. The van der Waals surface area contributed by atoms with Gasteiger partial charge >= 0.3 is 0 Å². The first kappa shape index (κ1) is 15.7. The lowest BCUT2D eigenvalue weighted by atomic mass is 9.72. The second-order valence-electron chi connectivity index (χ2n) is 7.64. The first-order chi connectivity index (χ1) is 7.98. The summed E-state index contributed by atoms with van der Waals surface area (Å²) in [5.74, 6) is 1.37. The third-order valence-electron chi connectivity index (χ3n) is 4.18. The van der Waals surface area contributed by atoms with Crippen molar-refractivity contribution in [3.63, 3.8) is 0 Å². The fraction of sp³-hybridized carbons (Fsp3) is 0.938. The molecule has 0 aliphatic carbocycles. The van der Waals surface area contributed by atoms with Crippen LogP contribution in [-0.4, -0.2) is 17.0 Å². The van der Waals surface area contributed by atoms with Crippen LogP contribution in [0.4, 0.5) is 0 Å².